The Hall–Kier alpha value is -6.15. The lowest BCUT2D eigenvalue weighted by molar-refractivity contribution is 0.665. The van der Waals surface area contributed by atoms with E-state index in [-0.39, 0.29) is 0 Å². The van der Waals surface area contributed by atoms with Gasteiger partial charge in [0, 0.05) is 41.7 Å². The summed E-state index contributed by atoms with van der Waals surface area (Å²) in [5, 5.41) is 17.2. The number of para-hydroxylation sites is 2. The van der Waals surface area contributed by atoms with Crippen molar-refractivity contribution in [1.29, 1.82) is 5.26 Å². The van der Waals surface area contributed by atoms with E-state index in [4.69, 9.17) is 4.42 Å². The zero-order valence-corrected chi connectivity index (χ0v) is 25.9. The van der Waals surface area contributed by atoms with Gasteiger partial charge in [-0.1, -0.05) is 97.1 Å². The largest absolute Gasteiger partial charge is 0.452 e. The predicted octanol–water partition coefficient (Wildman–Crippen LogP) is 12.3. The fraction of sp³-hybridized carbons (Fsp3) is 0. The number of nitriles is 1. The lowest BCUT2D eigenvalue weighted by Gasteiger charge is -2.09. The van der Waals surface area contributed by atoms with Crippen molar-refractivity contribution in [3.8, 4) is 34.0 Å². The van der Waals surface area contributed by atoms with Gasteiger partial charge in [0.1, 0.15) is 6.07 Å². The highest BCUT2D eigenvalue weighted by atomic mass is 32.1. The van der Waals surface area contributed by atoms with Gasteiger partial charge in [-0.3, -0.25) is 0 Å². The van der Waals surface area contributed by atoms with Crippen molar-refractivity contribution in [2.45, 2.75) is 0 Å². The van der Waals surface area contributed by atoms with Gasteiger partial charge in [0.05, 0.1) is 22.3 Å². The van der Waals surface area contributed by atoms with Gasteiger partial charge in [0.25, 0.3) is 0 Å². The quantitative estimate of drug-likeness (QED) is 0.198. The Morgan fingerprint density at radius 2 is 1.17 bits per heavy atom. The third-order valence-corrected chi connectivity index (χ3v) is 10.6. The zero-order chi connectivity index (χ0) is 31.1. The third-order valence-electron chi connectivity index (χ3n) is 9.43. The van der Waals surface area contributed by atoms with Gasteiger partial charge in [0.2, 0.25) is 0 Å². The van der Waals surface area contributed by atoms with Crippen LogP contribution in [-0.2, 0) is 0 Å². The molecule has 0 saturated carbocycles. The van der Waals surface area contributed by atoms with E-state index in [2.05, 4.69) is 144 Å². The molecule has 0 aliphatic carbocycles. The molecule has 0 spiro atoms. The Morgan fingerprint density at radius 1 is 0.468 bits per heavy atom. The number of thiophene rings is 1. The van der Waals surface area contributed by atoms with Gasteiger partial charge in [-0.15, -0.1) is 11.3 Å². The Labute approximate surface area is 273 Å². The summed E-state index contributed by atoms with van der Waals surface area (Å²) in [6.07, 6.45) is 0. The van der Waals surface area contributed by atoms with E-state index in [0.717, 1.165) is 44.2 Å². The Kier molecular flexibility index (Phi) is 5.51. The van der Waals surface area contributed by atoms with E-state index in [9.17, 15) is 5.26 Å². The molecule has 0 atom stereocenters. The lowest BCUT2D eigenvalue weighted by atomic mass is 9.98. The summed E-state index contributed by atoms with van der Waals surface area (Å²) in [5.41, 5.74) is 9.56. The normalized spacial score (nSPS) is 11.8. The average Bonchev–Trinajstić information content (AvgIpc) is 3.80. The number of fused-ring (bicyclic) bond motifs is 9. The first kappa shape index (κ1) is 26.1. The molecule has 10 aromatic rings. The summed E-state index contributed by atoms with van der Waals surface area (Å²) >= 11 is 1.80. The van der Waals surface area contributed by atoms with Crippen LogP contribution in [0.1, 0.15) is 5.56 Å². The van der Waals surface area contributed by atoms with Crippen molar-refractivity contribution in [3.63, 3.8) is 0 Å². The number of aromatic nitrogens is 1. The summed E-state index contributed by atoms with van der Waals surface area (Å²) < 4.78 is 11.5. The van der Waals surface area contributed by atoms with E-state index in [1.807, 2.05) is 12.1 Å². The topological polar surface area (TPSA) is 41.9 Å². The molecule has 0 amide bonds. The Balaban J connectivity index is 1.20. The van der Waals surface area contributed by atoms with E-state index in [0.29, 0.717) is 11.1 Å². The van der Waals surface area contributed by atoms with Gasteiger partial charge in [-0.2, -0.15) is 5.26 Å². The van der Waals surface area contributed by atoms with Crippen LogP contribution in [-0.4, -0.2) is 4.57 Å². The Bertz CT molecular complexity index is 2920. The van der Waals surface area contributed by atoms with Gasteiger partial charge in [-0.25, -0.2) is 0 Å². The molecule has 218 valence electrons. The molecule has 0 radical (unpaired) electrons. The molecule has 0 saturated heterocycles. The van der Waals surface area contributed by atoms with Gasteiger partial charge >= 0.3 is 0 Å². The van der Waals surface area contributed by atoms with Gasteiger partial charge in [0.15, 0.2) is 11.2 Å². The standard InChI is InChI=1S/C43H24N2OS/c44-25-30-21-29(28-17-19-33-32-12-5-7-16-40(32)47-41(33)24-28)23-36-34-13-8-15-39(43(34)46-42(30)36)45-37-14-6-4-11-31(37)35-22-27(18-20-38(35)45)26-9-2-1-3-10-26/h1-24H. The minimum Gasteiger partial charge on any atom is -0.452 e. The predicted molar refractivity (Wildman–Crippen MR) is 197 cm³/mol. The van der Waals surface area contributed by atoms with Crippen LogP contribution >= 0.6 is 11.3 Å². The molecule has 7 aromatic carbocycles. The number of nitrogens with zero attached hydrogens (tertiary/aromatic N) is 2. The molecular formula is C43H24N2OS. The number of hydrogen-bond donors (Lipinski definition) is 0. The molecule has 0 bridgehead atoms. The van der Waals surface area contributed by atoms with Crippen molar-refractivity contribution in [3.05, 3.63) is 151 Å². The fourth-order valence-corrected chi connectivity index (χ4v) is 8.40. The first-order valence-corrected chi connectivity index (χ1v) is 16.5. The second-order valence-electron chi connectivity index (χ2n) is 12.0. The average molecular weight is 617 g/mol. The molecular weight excluding hydrogens is 593 g/mol. The van der Waals surface area contributed by atoms with Crippen LogP contribution in [0, 0.1) is 11.3 Å². The van der Waals surface area contributed by atoms with Crippen molar-refractivity contribution in [1.82, 2.24) is 4.57 Å². The number of furan rings is 1. The van der Waals surface area contributed by atoms with Crippen molar-refractivity contribution in [2.24, 2.45) is 0 Å². The first-order valence-electron chi connectivity index (χ1n) is 15.7. The minimum absolute atomic E-state index is 0.533. The summed E-state index contributed by atoms with van der Waals surface area (Å²) in [7, 11) is 0. The highest BCUT2D eigenvalue weighted by Gasteiger charge is 2.20. The molecule has 3 aromatic heterocycles. The summed E-state index contributed by atoms with van der Waals surface area (Å²) in [4.78, 5) is 0. The van der Waals surface area contributed by atoms with Crippen LogP contribution in [0.3, 0.4) is 0 Å². The van der Waals surface area contributed by atoms with Gasteiger partial charge < -0.3 is 8.98 Å². The number of rotatable bonds is 3. The van der Waals surface area contributed by atoms with Crippen LogP contribution in [0.2, 0.25) is 0 Å². The van der Waals surface area contributed by atoms with E-state index in [1.165, 1.54) is 42.1 Å². The van der Waals surface area contributed by atoms with Crippen LogP contribution in [0.4, 0.5) is 0 Å². The SMILES string of the molecule is N#Cc1cc(-c2ccc3c(c2)sc2ccccc23)cc2c1oc1c(-n3c4ccccc4c4cc(-c5ccccc5)ccc43)cccc12. The van der Waals surface area contributed by atoms with Crippen LogP contribution in [0.25, 0.3) is 91.9 Å². The first-order chi connectivity index (χ1) is 23.2. The smallest absolute Gasteiger partial charge is 0.159 e. The molecule has 0 aliphatic heterocycles. The van der Waals surface area contributed by atoms with Crippen LogP contribution in [0.15, 0.2) is 150 Å². The highest BCUT2D eigenvalue weighted by molar-refractivity contribution is 7.25. The van der Waals surface area contributed by atoms with Crippen LogP contribution in [0.5, 0.6) is 0 Å². The molecule has 4 heteroatoms. The molecule has 0 unspecified atom stereocenters. The van der Waals surface area contributed by atoms with Gasteiger partial charge in [-0.05, 0) is 70.8 Å². The van der Waals surface area contributed by atoms with Crippen molar-refractivity contribution < 1.29 is 4.42 Å². The second-order valence-corrected chi connectivity index (χ2v) is 13.1. The van der Waals surface area contributed by atoms with E-state index < -0.39 is 0 Å². The monoisotopic (exact) mass is 616 g/mol. The van der Waals surface area contributed by atoms with E-state index in [1.54, 1.807) is 11.3 Å². The maximum atomic E-state index is 10.3. The molecule has 10 rings (SSSR count). The number of benzene rings is 7. The summed E-state index contributed by atoms with van der Waals surface area (Å²) in [6.45, 7) is 0. The molecule has 3 heterocycles. The second kappa shape index (κ2) is 9.92. The number of hydrogen-bond acceptors (Lipinski definition) is 3. The molecule has 3 nitrogen and oxygen atoms in total. The van der Waals surface area contributed by atoms with E-state index >= 15 is 0 Å². The summed E-state index contributed by atoms with van der Waals surface area (Å²) in [5.74, 6) is 0. The highest BCUT2D eigenvalue weighted by Crippen LogP contribution is 2.42. The molecule has 0 N–H and O–H groups in total. The third kappa shape index (κ3) is 3.85. The Morgan fingerprint density at radius 3 is 2.06 bits per heavy atom. The lowest BCUT2D eigenvalue weighted by Crippen LogP contribution is -1.94. The maximum absolute atomic E-state index is 10.3. The maximum Gasteiger partial charge on any atom is 0.159 e. The minimum atomic E-state index is 0.533. The molecule has 0 aliphatic rings. The van der Waals surface area contributed by atoms with Crippen LogP contribution < -0.4 is 0 Å². The van der Waals surface area contributed by atoms with Crippen molar-refractivity contribution in [2.75, 3.05) is 0 Å². The molecule has 47 heavy (non-hydrogen) atoms. The molecule has 0 fully saturated rings. The fourth-order valence-electron chi connectivity index (χ4n) is 7.26. The van der Waals surface area contributed by atoms with Crippen molar-refractivity contribution >= 4 is 75.3 Å². The summed E-state index contributed by atoms with van der Waals surface area (Å²) in [6, 6.07) is 53.8. The zero-order valence-electron chi connectivity index (χ0n) is 25.1.